The molecule has 8 aromatic rings. The van der Waals surface area contributed by atoms with Gasteiger partial charge in [-0.3, -0.25) is 0 Å². The first kappa shape index (κ1) is 29.3. The minimum absolute atomic E-state index is 1.12. The Bertz CT molecular complexity index is 2330. The summed E-state index contributed by atoms with van der Waals surface area (Å²) in [6.45, 7) is 4.32. The molecule has 8 rings (SSSR count). The lowest BCUT2D eigenvalue weighted by Crippen LogP contribution is -2.10. The van der Waals surface area contributed by atoms with Gasteiger partial charge in [-0.25, -0.2) is 0 Å². The lowest BCUT2D eigenvalue weighted by Gasteiger charge is -2.28. The van der Waals surface area contributed by atoms with E-state index >= 15 is 0 Å². The third-order valence-electron chi connectivity index (χ3n) is 9.26. The van der Waals surface area contributed by atoms with Gasteiger partial charge in [-0.05, 0) is 102 Å². The van der Waals surface area contributed by atoms with Crippen LogP contribution < -0.4 is 9.80 Å². The summed E-state index contributed by atoms with van der Waals surface area (Å²) in [6, 6.07) is 65.6. The van der Waals surface area contributed by atoms with Crippen LogP contribution in [0, 0.1) is 13.8 Å². The zero-order valence-electron chi connectivity index (χ0n) is 27.2. The summed E-state index contributed by atoms with van der Waals surface area (Å²) >= 11 is 0. The standard InChI is InChI=1S/C46H36N2/c1-33-19-26-39(27-20-33)48(46-32-21-34(2)42-15-8-9-17-44(42)46)41-30-24-36(25-31-41)35-22-28-40(29-23-35)47(38-13-4-3-5-14-38)45-18-10-12-37-11-6-7-16-43(37)45/h3-32H,1-2H3. The second kappa shape index (κ2) is 12.6. The third-order valence-corrected chi connectivity index (χ3v) is 9.26. The maximum atomic E-state index is 2.37. The van der Waals surface area contributed by atoms with Gasteiger partial charge in [-0.1, -0.05) is 127 Å². The Labute approximate surface area is 282 Å². The Morgan fingerprint density at radius 3 is 1.40 bits per heavy atom. The molecule has 0 atom stereocenters. The van der Waals surface area contributed by atoms with Crippen LogP contribution in [0.3, 0.4) is 0 Å². The highest BCUT2D eigenvalue weighted by molar-refractivity contribution is 6.01. The molecule has 0 amide bonds. The van der Waals surface area contributed by atoms with Crippen molar-refractivity contribution in [2.24, 2.45) is 0 Å². The summed E-state index contributed by atoms with van der Waals surface area (Å²) in [5, 5.41) is 4.97. The number of anilines is 6. The van der Waals surface area contributed by atoms with Crippen LogP contribution in [-0.4, -0.2) is 0 Å². The van der Waals surface area contributed by atoms with Crippen molar-refractivity contribution in [3.05, 3.63) is 193 Å². The molecule has 8 aromatic carbocycles. The third kappa shape index (κ3) is 5.48. The van der Waals surface area contributed by atoms with Gasteiger partial charge in [0, 0.05) is 33.5 Å². The van der Waals surface area contributed by atoms with Crippen LogP contribution in [0.25, 0.3) is 32.7 Å². The van der Waals surface area contributed by atoms with Crippen molar-refractivity contribution in [2.75, 3.05) is 9.80 Å². The molecule has 48 heavy (non-hydrogen) atoms. The molecule has 2 nitrogen and oxygen atoms in total. The highest BCUT2D eigenvalue weighted by atomic mass is 15.1. The first-order valence-electron chi connectivity index (χ1n) is 16.5. The molecule has 0 fully saturated rings. The molecular weight excluding hydrogens is 581 g/mol. The predicted octanol–water partition coefficient (Wildman–Crippen LogP) is 13.2. The summed E-state index contributed by atoms with van der Waals surface area (Å²) in [6.07, 6.45) is 0. The van der Waals surface area contributed by atoms with Crippen LogP contribution in [0.5, 0.6) is 0 Å². The Kier molecular flexibility index (Phi) is 7.68. The van der Waals surface area contributed by atoms with Crippen LogP contribution >= 0.6 is 0 Å². The largest absolute Gasteiger partial charge is 0.310 e. The Balaban J connectivity index is 1.17. The van der Waals surface area contributed by atoms with Crippen molar-refractivity contribution in [1.82, 2.24) is 0 Å². The van der Waals surface area contributed by atoms with E-state index in [9.17, 15) is 0 Å². The van der Waals surface area contributed by atoms with Gasteiger partial charge in [0.2, 0.25) is 0 Å². The summed E-state index contributed by atoms with van der Waals surface area (Å²) in [7, 11) is 0. The molecule has 0 aliphatic rings. The first-order valence-corrected chi connectivity index (χ1v) is 16.5. The first-order chi connectivity index (χ1) is 23.6. The minimum Gasteiger partial charge on any atom is -0.310 e. The smallest absolute Gasteiger partial charge is 0.0540 e. The van der Waals surface area contributed by atoms with E-state index in [1.54, 1.807) is 0 Å². The Morgan fingerprint density at radius 2 is 0.771 bits per heavy atom. The number of hydrogen-bond acceptors (Lipinski definition) is 2. The molecule has 230 valence electrons. The second-order valence-corrected chi connectivity index (χ2v) is 12.4. The average molecular weight is 617 g/mol. The molecular formula is C46H36N2. The number of benzene rings is 8. The highest BCUT2D eigenvalue weighted by Gasteiger charge is 2.17. The Hall–Kier alpha value is -6.12. The van der Waals surface area contributed by atoms with Crippen LogP contribution in [0.2, 0.25) is 0 Å². The highest BCUT2D eigenvalue weighted by Crippen LogP contribution is 2.42. The number of nitrogens with zero attached hydrogens (tertiary/aromatic N) is 2. The quantitative estimate of drug-likeness (QED) is 0.176. The van der Waals surface area contributed by atoms with Crippen molar-refractivity contribution < 1.29 is 0 Å². The van der Waals surface area contributed by atoms with Crippen molar-refractivity contribution in [2.45, 2.75) is 13.8 Å². The van der Waals surface area contributed by atoms with E-state index in [-0.39, 0.29) is 0 Å². The predicted molar refractivity (Wildman–Crippen MR) is 206 cm³/mol. The van der Waals surface area contributed by atoms with E-state index < -0.39 is 0 Å². The van der Waals surface area contributed by atoms with Gasteiger partial charge in [-0.15, -0.1) is 0 Å². The monoisotopic (exact) mass is 616 g/mol. The molecule has 0 aliphatic heterocycles. The number of hydrogen-bond donors (Lipinski definition) is 0. The van der Waals surface area contributed by atoms with E-state index in [4.69, 9.17) is 0 Å². The fourth-order valence-corrected chi connectivity index (χ4v) is 6.76. The van der Waals surface area contributed by atoms with Gasteiger partial charge in [0.25, 0.3) is 0 Å². The maximum absolute atomic E-state index is 2.37. The van der Waals surface area contributed by atoms with Gasteiger partial charge in [0.05, 0.1) is 11.4 Å². The lowest BCUT2D eigenvalue weighted by atomic mass is 10.0. The van der Waals surface area contributed by atoms with E-state index in [0.717, 1.165) is 28.4 Å². The molecule has 0 saturated carbocycles. The fourth-order valence-electron chi connectivity index (χ4n) is 6.76. The SMILES string of the molecule is Cc1ccc(N(c2ccc(-c3ccc(N(c4ccccc4)c4cccc5ccccc45)cc3)cc2)c2ccc(C)c3ccccc23)cc1. The molecule has 0 aliphatic carbocycles. The topological polar surface area (TPSA) is 6.48 Å². The Morgan fingerprint density at radius 1 is 0.312 bits per heavy atom. The molecule has 0 bridgehead atoms. The van der Waals surface area contributed by atoms with Gasteiger partial charge in [0.15, 0.2) is 0 Å². The van der Waals surface area contributed by atoms with Gasteiger partial charge >= 0.3 is 0 Å². The number of rotatable bonds is 7. The van der Waals surface area contributed by atoms with Crippen molar-refractivity contribution in [3.63, 3.8) is 0 Å². The number of fused-ring (bicyclic) bond motifs is 2. The van der Waals surface area contributed by atoms with Crippen LogP contribution in [0.4, 0.5) is 34.1 Å². The number of para-hydroxylation sites is 1. The van der Waals surface area contributed by atoms with Crippen molar-refractivity contribution in [1.29, 1.82) is 0 Å². The maximum Gasteiger partial charge on any atom is 0.0540 e. The second-order valence-electron chi connectivity index (χ2n) is 12.4. The molecule has 0 spiro atoms. The average Bonchev–Trinajstić information content (AvgIpc) is 3.15. The summed E-state index contributed by atoms with van der Waals surface area (Å²) in [5.41, 5.74) is 11.7. The molecule has 0 unspecified atom stereocenters. The summed E-state index contributed by atoms with van der Waals surface area (Å²) in [5.74, 6) is 0. The zero-order valence-corrected chi connectivity index (χ0v) is 27.2. The van der Waals surface area contributed by atoms with E-state index in [1.807, 2.05) is 0 Å². The molecule has 0 heterocycles. The van der Waals surface area contributed by atoms with E-state index in [1.165, 1.54) is 49.5 Å². The molecule has 0 saturated heterocycles. The minimum atomic E-state index is 1.12. The van der Waals surface area contributed by atoms with Crippen LogP contribution in [0.15, 0.2) is 182 Å². The van der Waals surface area contributed by atoms with Gasteiger partial charge in [0.1, 0.15) is 0 Å². The van der Waals surface area contributed by atoms with E-state index in [2.05, 4.69) is 206 Å². The number of aryl methyl sites for hydroxylation is 2. The molecule has 0 N–H and O–H groups in total. The normalized spacial score (nSPS) is 11.1. The van der Waals surface area contributed by atoms with Crippen LogP contribution in [0.1, 0.15) is 11.1 Å². The summed E-state index contributed by atoms with van der Waals surface area (Å²) in [4.78, 5) is 4.72. The lowest BCUT2D eigenvalue weighted by molar-refractivity contribution is 1.28. The summed E-state index contributed by atoms with van der Waals surface area (Å²) < 4.78 is 0. The molecule has 0 radical (unpaired) electrons. The fraction of sp³-hybridized carbons (Fsp3) is 0.0435. The van der Waals surface area contributed by atoms with Crippen LogP contribution in [-0.2, 0) is 0 Å². The van der Waals surface area contributed by atoms with Crippen molar-refractivity contribution in [3.8, 4) is 11.1 Å². The van der Waals surface area contributed by atoms with Gasteiger partial charge < -0.3 is 9.80 Å². The van der Waals surface area contributed by atoms with Crippen molar-refractivity contribution >= 4 is 55.7 Å². The molecule has 2 heteroatoms. The molecule has 0 aromatic heterocycles. The zero-order chi connectivity index (χ0) is 32.5. The van der Waals surface area contributed by atoms with Gasteiger partial charge in [-0.2, -0.15) is 0 Å². The van der Waals surface area contributed by atoms with E-state index in [0.29, 0.717) is 0 Å².